The van der Waals surface area contributed by atoms with E-state index in [1.54, 1.807) is 0 Å². The van der Waals surface area contributed by atoms with Crippen LogP contribution in [0.4, 0.5) is 0 Å². The summed E-state index contributed by atoms with van der Waals surface area (Å²) < 4.78 is 0. The Balaban J connectivity index is 2.60. The molecular weight excluding hydrogens is 198 g/mol. The van der Waals surface area contributed by atoms with E-state index in [4.69, 9.17) is 5.73 Å². The molecule has 0 heterocycles. The third kappa shape index (κ3) is 3.19. The lowest BCUT2D eigenvalue weighted by molar-refractivity contribution is 0.110. The number of nitrogens with zero attached hydrogens (tertiary/aromatic N) is 2. The van der Waals surface area contributed by atoms with E-state index in [2.05, 4.69) is 44.8 Å². The van der Waals surface area contributed by atoms with Crippen molar-refractivity contribution in [3.63, 3.8) is 0 Å². The van der Waals surface area contributed by atoms with Crippen LogP contribution in [0.1, 0.15) is 33.1 Å². The average molecular weight is 227 g/mol. The van der Waals surface area contributed by atoms with Gasteiger partial charge < -0.3 is 10.6 Å². The average Bonchev–Trinajstić information content (AvgIpc) is 2.52. The van der Waals surface area contributed by atoms with Crippen molar-refractivity contribution in [2.45, 2.75) is 38.6 Å². The minimum Gasteiger partial charge on any atom is -0.329 e. The molecule has 0 radical (unpaired) electrons. The van der Waals surface area contributed by atoms with Crippen LogP contribution >= 0.6 is 0 Å². The summed E-state index contributed by atoms with van der Waals surface area (Å²) in [5, 5.41) is 0. The van der Waals surface area contributed by atoms with Crippen LogP contribution < -0.4 is 5.73 Å². The van der Waals surface area contributed by atoms with E-state index in [0.717, 1.165) is 19.6 Å². The largest absolute Gasteiger partial charge is 0.329 e. The zero-order valence-electron chi connectivity index (χ0n) is 11.7. The van der Waals surface area contributed by atoms with Crippen LogP contribution in [-0.2, 0) is 0 Å². The fraction of sp³-hybridized carbons (Fsp3) is 1.00. The molecule has 1 atom stereocenters. The molecule has 1 fully saturated rings. The fourth-order valence-corrected chi connectivity index (χ4v) is 2.88. The maximum absolute atomic E-state index is 6.04. The molecule has 3 heteroatoms. The van der Waals surface area contributed by atoms with Crippen molar-refractivity contribution < 1.29 is 0 Å². The monoisotopic (exact) mass is 227 g/mol. The van der Waals surface area contributed by atoms with Gasteiger partial charge in [0.25, 0.3) is 0 Å². The van der Waals surface area contributed by atoms with Crippen molar-refractivity contribution in [1.82, 2.24) is 9.80 Å². The Morgan fingerprint density at radius 2 is 1.69 bits per heavy atom. The molecule has 1 unspecified atom stereocenters. The van der Waals surface area contributed by atoms with Gasteiger partial charge in [-0.1, -0.05) is 13.8 Å². The highest BCUT2D eigenvalue weighted by Gasteiger charge is 2.44. The van der Waals surface area contributed by atoms with Gasteiger partial charge in [-0.3, -0.25) is 4.90 Å². The summed E-state index contributed by atoms with van der Waals surface area (Å²) in [6.45, 7) is 7.74. The zero-order chi connectivity index (χ0) is 12.4. The van der Waals surface area contributed by atoms with Crippen LogP contribution in [0.5, 0.6) is 0 Å². The topological polar surface area (TPSA) is 32.5 Å². The molecule has 0 aromatic rings. The lowest BCUT2D eigenvalue weighted by atomic mass is 9.87. The lowest BCUT2D eigenvalue weighted by Gasteiger charge is -2.39. The normalized spacial score (nSPS) is 29.2. The Labute approximate surface area is 101 Å². The van der Waals surface area contributed by atoms with E-state index >= 15 is 0 Å². The molecule has 1 aliphatic rings. The molecule has 0 bridgehead atoms. The van der Waals surface area contributed by atoms with Gasteiger partial charge >= 0.3 is 0 Å². The van der Waals surface area contributed by atoms with Gasteiger partial charge in [0, 0.05) is 25.2 Å². The molecule has 1 saturated carbocycles. The van der Waals surface area contributed by atoms with Gasteiger partial charge in [-0.05, 0) is 45.8 Å². The standard InChI is InChI=1S/C13H29N3/c1-12(2)6-7-13(10-12,11-14)16(5)9-8-15(3)4/h6-11,14H2,1-5H3. The van der Waals surface area contributed by atoms with E-state index < -0.39 is 0 Å². The van der Waals surface area contributed by atoms with Gasteiger partial charge in [-0.25, -0.2) is 0 Å². The van der Waals surface area contributed by atoms with Gasteiger partial charge in [0.2, 0.25) is 0 Å². The first-order valence-corrected chi connectivity index (χ1v) is 6.37. The second-order valence-electron chi connectivity index (χ2n) is 6.49. The highest BCUT2D eigenvalue weighted by molar-refractivity contribution is 5.01. The van der Waals surface area contributed by atoms with E-state index in [9.17, 15) is 0 Å². The van der Waals surface area contributed by atoms with Gasteiger partial charge in [0.1, 0.15) is 0 Å². The van der Waals surface area contributed by atoms with Crippen molar-refractivity contribution in [2.24, 2.45) is 11.1 Å². The maximum Gasteiger partial charge on any atom is 0.0334 e. The van der Waals surface area contributed by atoms with E-state index in [0.29, 0.717) is 5.41 Å². The van der Waals surface area contributed by atoms with Crippen molar-refractivity contribution in [2.75, 3.05) is 40.8 Å². The SMILES string of the molecule is CN(C)CCN(C)C1(CN)CCC(C)(C)C1. The number of nitrogens with two attached hydrogens (primary N) is 1. The summed E-state index contributed by atoms with van der Waals surface area (Å²) in [6.07, 6.45) is 3.79. The molecule has 0 spiro atoms. The van der Waals surface area contributed by atoms with Gasteiger partial charge in [0.15, 0.2) is 0 Å². The molecule has 1 aliphatic carbocycles. The second-order valence-corrected chi connectivity index (χ2v) is 6.49. The fourth-order valence-electron chi connectivity index (χ4n) is 2.88. The second kappa shape index (κ2) is 5.03. The highest BCUT2D eigenvalue weighted by Crippen LogP contribution is 2.45. The third-order valence-corrected chi connectivity index (χ3v) is 4.15. The molecule has 96 valence electrons. The summed E-state index contributed by atoms with van der Waals surface area (Å²) in [7, 11) is 6.49. The first kappa shape index (κ1) is 13.9. The number of hydrogen-bond donors (Lipinski definition) is 1. The summed E-state index contributed by atoms with van der Waals surface area (Å²) in [6, 6.07) is 0. The molecule has 0 aliphatic heterocycles. The molecule has 0 aromatic heterocycles. The van der Waals surface area contributed by atoms with Crippen LogP contribution in [0, 0.1) is 5.41 Å². The van der Waals surface area contributed by atoms with E-state index in [-0.39, 0.29) is 5.54 Å². The Morgan fingerprint density at radius 1 is 1.06 bits per heavy atom. The maximum atomic E-state index is 6.04. The summed E-state index contributed by atoms with van der Waals surface area (Å²) in [5.41, 5.74) is 6.76. The van der Waals surface area contributed by atoms with Gasteiger partial charge in [-0.15, -0.1) is 0 Å². The van der Waals surface area contributed by atoms with Crippen LogP contribution in [0.15, 0.2) is 0 Å². The Hall–Kier alpha value is -0.120. The molecule has 3 nitrogen and oxygen atoms in total. The Kier molecular flexibility index (Phi) is 4.38. The first-order valence-electron chi connectivity index (χ1n) is 6.37. The molecule has 0 saturated heterocycles. The number of rotatable bonds is 5. The quantitative estimate of drug-likeness (QED) is 0.770. The van der Waals surface area contributed by atoms with Crippen LogP contribution in [-0.4, -0.2) is 56.1 Å². The Bertz CT molecular complexity index is 225. The van der Waals surface area contributed by atoms with Crippen molar-refractivity contribution in [1.29, 1.82) is 0 Å². The van der Waals surface area contributed by atoms with Crippen LogP contribution in [0.25, 0.3) is 0 Å². The molecule has 0 aromatic carbocycles. The highest BCUT2D eigenvalue weighted by atomic mass is 15.2. The predicted octanol–water partition coefficient (Wildman–Crippen LogP) is 1.39. The van der Waals surface area contributed by atoms with Gasteiger partial charge in [0.05, 0.1) is 0 Å². The van der Waals surface area contributed by atoms with E-state index in [1.807, 2.05) is 0 Å². The smallest absolute Gasteiger partial charge is 0.0334 e. The molecular formula is C13H29N3. The van der Waals surface area contributed by atoms with Crippen molar-refractivity contribution in [3.05, 3.63) is 0 Å². The minimum absolute atomic E-state index is 0.250. The molecule has 1 rings (SSSR count). The number of likely N-dealkylation sites (N-methyl/N-ethyl adjacent to an activating group) is 2. The van der Waals surface area contributed by atoms with Crippen LogP contribution in [0.3, 0.4) is 0 Å². The minimum atomic E-state index is 0.250. The number of hydrogen-bond acceptors (Lipinski definition) is 3. The van der Waals surface area contributed by atoms with E-state index in [1.165, 1.54) is 19.3 Å². The zero-order valence-corrected chi connectivity index (χ0v) is 11.7. The summed E-state index contributed by atoms with van der Waals surface area (Å²) in [4.78, 5) is 4.72. The first-order chi connectivity index (χ1) is 7.31. The lowest BCUT2D eigenvalue weighted by Crippen LogP contribution is -2.52. The third-order valence-electron chi connectivity index (χ3n) is 4.15. The molecule has 0 amide bonds. The van der Waals surface area contributed by atoms with Crippen molar-refractivity contribution >= 4 is 0 Å². The van der Waals surface area contributed by atoms with Crippen LogP contribution in [0.2, 0.25) is 0 Å². The Morgan fingerprint density at radius 3 is 2.06 bits per heavy atom. The predicted molar refractivity (Wildman–Crippen MR) is 70.6 cm³/mol. The van der Waals surface area contributed by atoms with Crippen molar-refractivity contribution in [3.8, 4) is 0 Å². The summed E-state index contributed by atoms with van der Waals surface area (Å²) in [5.74, 6) is 0. The molecule has 2 N–H and O–H groups in total. The van der Waals surface area contributed by atoms with Gasteiger partial charge in [-0.2, -0.15) is 0 Å². The molecule has 16 heavy (non-hydrogen) atoms. The summed E-state index contributed by atoms with van der Waals surface area (Å²) >= 11 is 0.